The van der Waals surface area contributed by atoms with Crippen molar-refractivity contribution in [2.75, 3.05) is 0 Å². The first-order chi connectivity index (χ1) is 25.7. The van der Waals surface area contributed by atoms with E-state index in [2.05, 4.69) is 146 Å². The standard InChI is InChI=1S/C50H38N2/c1-2-8-32(9-3-1)33-14-16-36(17-15-33)47-48(52-49-41-13-7-5-11-35(41)20-23-45(49)51-47)37-19-22-44-43(29-37)42-21-18-34-10-4-6-12-40(34)46(42)50(44)38-25-30-24-31(27-38)28-39(50)26-30/h1-23,29-31,38-39H,24-28H2. The normalized spacial score (nSPS) is 23.8. The zero-order chi connectivity index (χ0) is 34.0. The summed E-state index contributed by atoms with van der Waals surface area (Å²) in [5, 5.41) is 5.16. The van der Waals surface area contributed by atoms with Gasteiger partial charge in [-0.3, -0.25) is 0 Å². The van der Waals surface area contributed by atoms with Gasteiger partial charge in [0.2, 0.25) is 0 Å². The van der Waals surface area contributed by atoms with Gasteiger partial charge in [0, 0.05) is 21.9 Å². The number of fused-ring (bicyclic) bond motifs is 8. The Morgan fingerprint density at radius 1 is 0.442 bits per heavy atom. The quantitative estimate of drug-likeness (QED) is 0.175. The lowest BCUT2D eigenvalue weighted by atomic mass is 9.43. The zero-order valence-corrected chi connectivity index (χ0v) is 29.1. The number of rotatable bonds is 3. The van der Waals surface area contributed by atoms with Gasteiger partial charge in [0.15, 0.2) is 0 Å². The molecule has 248 valence electrons. The first kappa shape index (κ1) is 29.0. The Labute approximate surface area is 304 Å². The molecule has 8 aromatic rings. The maximum absolute atomic E-state index is 5.58. The van der Waals surface area contributed by atoms with Gasteiger partial charge in [0.25, 0.3) is 0 Å². The summed E-state index contributed by atoms with van der Waals surface area (Å²) in [4.78, 5) is 11.0. The van der Waals surface area contributed by atoms with Crippen LogP contribution in [0.3, 0.4) is 0 Å². The zero-order valence-electron chi connectivity index (χ0n) is 29.1. The van der Waals surface area contributed by atoms with E-state index in [4.69, 9.17) is 9.97 Å². The first-order valence-corrected chi connectivity index (χ1v) is 19.3. The van der Waals surface area contributed by atoms with Gasteiger partial charge >= 0.3 is 0 Å². The predicted molar refractivity (Wildman–Crippen MR) is 214 cm³/mol. The average Bonchev–Trinajstić information content (AvgIpc) is 3.50. The minimum absolute atomic E-state index is 0.0961. The molecule has 0 saturated heterocycles. The molecule has 4 fully saturated rings. The summed E-state index contributed by atoms with van der Waals surface area (Å²) in [5.74, 6) is 3.25. The lowest BCUT2D eigenvalue weighted by Crippen LogP contribution is -2.55. The molecule has 1 heterocycles. The highest BCUT2D eigenvalue weighted by Gasteiger charge is 2.62. The molecule has 7 aromatic carbocycles. The molecule has 1 aromatic heterocycles. The minimum Gasteiger partial charge on any atom is -0.244 e. The summed E-state index contributed by atoms with van der Waals surface area (Å²) in [7, 11) is 0. The summed E-state index contributed by atoms with van der Waals surface area (Å²) in [5.41, 5.74) is 14.6. The molecule has 0 atom stereocenters. The molecule has 0 amide bonds. The first-order valence-electron chi connectivity index (χ1n) is 19.3. The molecular weight excluding hydrogens is 629 g/mol. The summed E-state index contributed by atoms with van der Waals surface area (Å²) >= 11 is 0. The number of aromatic nitrogens is 2. The largest absolute Gasteiger partial charge is 0.244 e. The number of nitrogens with zero attached hydrogens (tertiary/aromatic N) is 2. The Morgan fingerprint density at radius 3 is 1.81 bits per heavy atom. The van der Waals surface area contributed by atoms with Crippen molar-refractivity contribution in [2.24, 2.45) is 23.7 Å². The molecule has 4 saturated carbocycles. The molecule has 0 aliphatic heterocycles. The third kappa shape index (κ3) is 3.96. The summed E-state index contributed by atoms with van der Waals surface area (Å²) < 4.78 is 0. The maximum Gasteiger partial charge on any atom is 0.0973 e. The fraction of sp³-hybridized carbons (Fsp3) is 0.200. The predicted octanol–water partition coefficient (Wildman–Crippen LogP) is 12.7. The Balaban J connectivity index is 1.10. The van der Waals surface area contributed by atoms with Crippen LogP contribution in [0.15, 0.2) is 146 Å². The third-order valence-electron chi connectivity index (χ3n) is 13.6. The van der Waals surface area contributed by atoms with E-state index in [-0.39, 0.29) is 5.41 Å². The molecule has 1 spiro atoms. The minimum atomic E-state index is 0.0961. The van der Waals surface area contributed by atoms with Gasteiger partial charge in [0.05, 0.1) is 22.4 Å². The van der Waals surface area contributed by atoms with Crippen molar-refractivity contribution < 1.29 is 0 Å². The van der Waals surface area contributed by atoms with Crippen LogP contribution in [0.5, 0.6) is 0 Å². The van der Waals surface area contributed by atoms with Gasteiger partial charge < -0.3 is 0 Å². The topological polar surface area (TPSA) is 25.8 Å². The van der Waals surface area contributed by atoms with E-state index >= 15 is 0 Å². The van der Waals surface area contributed by atoms with E-state index < -0.39 is 0 Å². The van der Waals surface area contributed by atoms with Gasteiger partial charge in [-0.2, -0.15) is 0 Å². The second-order valence-electron chi connectivity index (χ2n) is 16.2. The Bertz CT molecular complexity index is 2710. The van der Waals surface area contributed by atoms with Crippen molar-refractivity contribution in [2.45, 2.75) is 37.5 Å². The molecule has 5 aliphatic carbocycles. The fourth-order valence-corrected chi connectivity index (χ4v) is 11.8. The van der Waals surface area contributed by atoms with Crippen LogP contribution < -0.4 is 0 Å². The molecule has 2 nitrogen and oxygen atoms in total. The van der Waals surface area contributed by atoms with Crippen LogP contribution in [0.1, 0.15) is 43.2 Å². The number of hydrogen-bond acceptors (Lipinski definition) is 2. The monoisotopic (exact) mass is 666 g/mol. The van der Waals surface area contributed by atoms with E-state index in [0.717, 1.165) is 50.8 Å². The molecular formula is C50H38N2. The average molecular weight is 667 g/mol. The summed E-state index contributed by atoms with van der Waals surface area (Å²) in [6, 6.07) is 53.8. The highest BCUT2D eigenvalue weighted by Crippen LogP contribution is 2.70. The molecule has 0 radical (unpaired) electrons. The maximum atomic E-state index is 5.58. The van der Waals surface area contributed by atoms with Crippen LogP contribution in [-0.4, -0.2) is 9.97 Å². The van der Waals surface area contributed by atoms with E-state index in [1.807, 2.05) is 0 Å². The highest BCUT2D eigenvalue weighted by molar-refractivity contribution is 6.06. The van der Waals surface area contributed by atoms with Crippen LogP contribution in [0.4, 0.5) is 0 Å². The Hall–Kier alpha value is -5.60. The van der Waals surface area contributed by atoms with Gasteiger partial charge in [0.1, 0.15) is 0 Å². The van der Waals surface area contributed by atoms with E-state index in [1.54, 1.807) is 11.1 Å². The van der Waals surface area contributed by atoms with Crippen LogP contribution in [0.2, 0.25) is 0 Å². The Morgan fingerprint density at radius 2 is 1.04 bits per heavy atom. The summed E-state index contributed by atoms with van der Waals surface area (Å²) in [6.07, 6.45) is 6.97. The summed E-state index contributed by atoms with van der Waals surface area (Å²) in [6.45, 7) is 0. The van der Waals surface area contributed by atoms with Crippen molar-refractivity contribution in [3.8, 4) is 44.8 Å². The molecule has 5 aliphatic rings. The van der Waals surface area contributed by atoms with Gasteiger partial charge in [-0.15, -0.1) is 0 Å². The van der Waals surface area contributed by atoms with Crippen LogP contribution >= 0.6 is 0 Å². The van der Waals surface area contributed by atoms with Crippen molar-refractivity contribution in [3.05, 3.63) is 157 Å². The van der Waals surface area contributed by atoms with E-state index in [0.29, 0.717) is 11.8 Å². The van der Waals surface area contributed by atoms with Crippen LogP contribution in [0, 0.1) is 23.7 Å². The highest BCUT2D eigenvalue weighted by atomic mass is 14.8. The lowest BCUT2D eigenvalue weighted by Gasteiger charge is -2.61. The Kier molecular flexibility index (Phi) is 5.98. The van der Waals surface area contributed by atoms with Gasteiger partial charge in [-0.1, -0.05) is 133 Å². The number of hydrogen-bond donors (Lipinski definition) is 0. The van der Waals surface area contributed by atoms with E-state index in [9.17, 15) is 0 Å². The van der Waals surface area contributed by atoms with Crippen molar-refractivity contribution in [1.82, 2.24) is 9.97 Å². The van der Waals surface area contributed by atoms with Crippen molar-refractivity contribution >= 4 is 32.6 Å². The molecule has 0 N–H and O–H groups in total. The second kappa shape index (κ2) is 10.7. The van der Waals surface area contributed by atoms with Gasteiger partial charge in [-0.25, -0.2) is 9.97 Å². The SMILES string of the molecule is c1ccc(-c2ccc(-c3nc4ccc5ccccc5c4nc3-c3ccc4c(c3)-c3ccc5ccccc5c3C43C4CC5CC(C4)CC3C5)cc2)cc1. The molecule has 52 heavy (non-hydrogen) atoms. The molecule has 0 unspecified atom stereocenters. The second-order valence-corrected chi connectivity index (χ2v) is 16.2. The smallest absolute Gasteiger partial charge is 0.0973 e. The van der Waals surface area contributed by atoms with Gasteiger partial charge in [-0.05, 0) is 117 Å². The third-order valence-corrected chi connectivity index (χ3v) is 13.6. The van der Waals surface area contributed by atoms with E-state index in [1.165, 1.54) is 70.5 Å². The fourth-order valence-electron chi connectivity index (χ4n) is 11.8. The molecule has 13 rings (SSSR count). The van der Waals surface area contributed by atoms with Crippen molar-refractivity contribution in [3.63, 3.8) is 0 Å². The van der Waals surface area contributed by atoms with Crippen molar-refractivity contribution in [1.29, 1.82) is 0 Å². The van der Waals surface area contributed by atoms with Crippen LogP contribution in [0.25, 0.3) is 77.3 Å². The lowest BCUT2D eigenvalue weighted by molar-refractivity contribution is -0.0393. The number of benzene rings is 7. The molecule has 4 bridgehead atoms. The molecule has 2 heteroatoms. The van der Waals surface area contributed by atoms with Crippen LogP contribution in [-0.2, 0) is 5.41 Å².